The first kappa shape index (κ1) is 14.2. The van der Waals surface area contributed by atoms with E-state index in [9.17, 15) is 4.39 Å². The Morgan fingerprint density at radius 1 is 1.09 bits per heavy atom. The molecule has 0 radical (unpaired) electrons. The molecule has 0 saturated carbocycles. The molecule has 0 fully saturated rings. The molecule has 114 valence electrons. The number of benzene rings is 1. The van der Waals surface area contributed by atoms with Crippen LogP contribution in [0.2, 0.25) is 0 Å². The van der Waals surface area contributed by atoms with Crippen molar-refractivity contribution < 1.29 is 4.39 Å². The van der Waals surface area contributed by atoms with E-state index in [0.29, 0.717) is 23.8 Å². The van der Waals surface area contributed by atoms with Crippen molar-refractivity contribution in [3.05, 3.63) is 35.9 Å². The fourth-order valence-corrected chi connectivity index (χ4v) is 1.97. The lowest BCUT2D eigenvalue weighted by molar-refractivity contribution is 0.490. The summed E-state index contributed by atoms with van der Waals surface area (Å²) in [6.45, 7) is 3.21. The fourth-order valence-electron chi connectivity index (χ4n) is 1.97. The third kappa shape index (κ3) is 3.13. The van der Waals surface area contributed by atoms with E-state index in [1.54, 1.807) is 16.8 Å². The summed E-state index contributed by atoms with van der Waals surface area (Å²) in [5.41, 5.74) is 0.707. The molecule has 3 rings (SSSR count). The van der Waals surface area contributed by atoms with Gasteiger partial charge in [0.15, 0.2) is 5.82 Å². The van der Waals surface area contributed by atoms with Crippen molar-refractivity contribution in [1.29, 1.82) is 0 Å². The summed E-state index contributed by atoms with van der Waals surface area (Å²) < 4.78 is 14.7. The third-order valence-electron chi connectivity index (χ3n) is 3.17. The molecule has 0 N–H and O–H groups in total. The van der Waals surface area contributed by atoms with Crippen molar-refractivity contribution in [1.82, 2.24) is 40.4 Å². The Kier molecular flexibility index (Phi) is 4.12. The van der Waals surface area contributed by atoms with E-state index < -0.39 is 0 Å². The molecule has 0 amide bonds. The Morgan fingerprint density at radius 2 is 1.91 bits per heavy atom. The van der Waals surface area contributed by atoms with Crippen molar-refractivity contribution in [3.63, 3.8) is 0 Å². The van der Waals surface area contributed by atoms with Gasteiger partial charge in [0.25, 0.3) is 0 Å². The summed E-state index contributed by atoms with van der Waals surface area (Å²) in [4.78, 5) is 1.42. The zero-order chi connectivity index (χ0) is 15.4. The zero-order valence-corrected chi connectivity index (χ0v) is 12.1. The summed E-state index contributed by atoms with van der Waals surface area (Å²) in [7, 11) is 0. The van der Waals surface area contributed by atoms with Crippen molar-refractivity contribution in [2.24, 2.45) is 0 Å². The van der Waals surface area contributed by atoms with Crippen molar-refractivity contribution in [2.75, 3.05) is 0 Å². The normalized spacial score (nSPS) is 11.0. The molecule has 22 heavy (non-hydrogen) atoms. The van der Waals surface area contributed by atoms with Gasteiger partial charge in [-0.2, -0.15) is 4.80 Å². The lowest BCUT2D eigenvalue weighted by Crippen LogP contribution is -2.12. The summed E-state index contributed by atoms with van der Waals surface area (Å²) in [5.74, 6) is 0.815. The predicted molar refractivity (Wildman–Crippen MR) is 75.0 cm³/mol. The second kappa shape index (κ2) is 6.37. The smallest absolute Gasteiger partial charge is 0.204 e. The van der Waals surface area contributed by atoms with Gasteiger partial charge in [0.1, 0.15) is 12.4 Å². The van der Waals surface area contributed by atoms with Crippen LogP contribution < -0.4 is 0 Å². The highest BCUT2D eigenvalue weighted by Crippen LogP contribution is 2.13. The first-order chi connectivity index (χ1) is 10.8. The third-order valence-corrected chi connectivity index (χ3v) is 3.17. The highest BCUT2D eigenvalue weighted by molar-refractivity contribution is 5.53. The van der Waals surface area contributed by atoms with Gasteiger partial charge in [0, 0.05) is 12.1 Å². The van der Waals surface area contributed by atoms with Gasteiger partial charge in [-0.15, -0.1) is 15.3 Å². The maximum absolute atomic E-state index is 12.9. The van der Waals surface area contributed by atoms with Crippen LogP contribution in [-0.2, 0) is 13.1 Å². The molecule has 8 nitrogen and oxygen atoms in total. The summed E-state index contributed by atoms with van der Waals surface area (Å²) in [6.07, 6.45) is 2.07. The highest BCUT2D eigenvalue weighted by atomic mass is 19.1. The molecule has 0 aliphatic heterocycles. The second-order valence-electron chi connectivity index (χ2n) is 4.82. The molecule has 0 bridgehead atoms. The molecule has 0 aliphatic carbocycles. The maximum Gasteiger partial charge on any atom is 0.204 e. The van der Waals surface area contributed by atoms with E-state index in [0.717, 1.165) is 19.4 Å². The Morgan fingerprint density at radius 3 is 2.68 bits per heavy atom. The fraction of sp³-hybridized carbons (Fsp3) is 0.385. The lowest BCUT2D eigenvalue weighted by Gasteiger charge is -2.02. The monoisotopic (exact) mass is 302 g/mol. The standard InChI is InChI=1S/C13H15FN8/c1-2-3-8-21-12(15-18-20-21)9-22-17-13(16-19-22)10-4-6-11(14)7-5-10/h4-7H,2-3,8-9H2,1H3. The molecule has 2 aromatic heterocycles. The highest BCUT2D eigenvalue weighted by Gasteiger charge is 2.10. The molecule has 3 aromatic rings. The molecule has 2 heterocycles. The molecular formula is C13H15FN8. The summed E-state index contributed by atoms with van der Waals surface area (Å²) in [5, 5.41) is 23.8. The van der Waals surface area contributed by atoms with E-state index in [4.69, 9.17) is 0 Å². The van der Waals surface area contributed by atoms with Crippen LogP contribution in [0.4, 0.5) is 4.39 Å². The molecule has 0 aliphatic rings. The Bertz CT molecular complexity index is 733. The number of rotatable bonds is 6. The van der Waals surface area contributed by atoms with Crippen LogP contribution in [-0.4, -0.2) is 40.4 Å². The average Bonchev–Trinajstić information content (AvgIpc) is 3.16. The lowest BCUT2D eigenvalue weighted by atomic mass is 10.2. The van der Waals surface area contributed by atoms with Crippen molar-refractivity contribution in [2.45, 2.75) is 32.9 Å². The first-order valence-electron chi connectivity index (χ1n) is 7.05. The number of halogens is 1. The van der Waals surface area contributed by atoms with Crippen LogP contribution in [0.5, 0.6) is 0 Å². The quantitative estimate of drug-likeness (QED) is 0.682. The number of unbranched alkanes of at least 4 members (excludes halogenated alkanes) is 1. The number of aromatic nitrogens is 8. The van der Waals surface area contributed by atoms with Gasteiger partial charge < -0.3 is 0 Å². The zero-order valence-electron chi connectivity index (χ0n) is 12.1. The number of aryl methyl sites for hydroxylation is 1. The Hall–Kier alpha value is -2.71. The summed E-state index contributed by atoms with van der Waals surface area (Å²) in [6, 6.07) is 5.95. The second-order valence-corrected chi connectivity index (χ2v) is 4.82. The predicted octanol–water partition coefficient (Wildman–Crippen LogP) is 1.31. The van der Waals surface area contributed by atoms with Crippen LogP contribution >= 0.6 is 0 Å². The van der Waals surface area contributed by atoms with E-state index in [1.165, 1.54) is 16.9 Å². The average molecular weight is 302 g/mol. The number of tetrazole rings is 2. The van der Waals surface area contributed by atoms with Gasteiger partial charge in [0.2, 0.25) is 5.82 Å². The molecule has 0 unspecified atom stereocenters. The van der Waals surface area contributed by atoms with Gasteiger partial charge >= 0.3 is 0 Å². The summed E-state index contributed by atoms with van der Waals surface area (Å²) >= 11 is 0. The van der Waals surface area contributed by atoms with Crippen molar-refractivity contribution in [3.8, 4) is 11.4 Å². The van der Waals surface area contributed by atoms with Crippen molar-refractivity contribution >= 4 is 0 Å². The van der Waals surface area contributed by atoms with Crippen LogP contribution in [0, 0.1) is 5.82 Å². The van der Waals surface area contributed by atoms with Crippen LogP contribution in [0.25, 0.3) is 11.4 Å². The van der Waals surface area contributed by atoms with E-state index in [2.05, 4.69) is 37.9 Å². The topological polar surface area (TPSA) is 87.2 Å². The first-order valence-corrected chi connectivity index (χ1v) is 7.05. The van der Waals surface area contributed by atoms with Gasteiger partial charge in [-0.25, -0.2) is 9.07 Å². The van der Waals surface area contributed by atoms with E-state index >= 15 is 0 Å². The Balaban J connectivity index is 1.74. The largest absolute Gasteiger partial charge is 0.228 e. The Labute approximate surface area is 126 Å². The van der Waals surface area contributed by atoms with Crippen LogP contribution in [0.3, 0.4) is 0 Å². The minimum atomic E-state index is -0.300. The maximum atomic E-state index is 12.9. The number of hydrogen-bond acceptors (Lipinski definition) is 6. The number of hydrogen-bond donors (Lipinski definition) is 0. The molecule has 1 aromatic carbocycles. The van der Waals surface area contributed by atoms with Crippen LogP contribution in [0.1, 0.15) is 25.6 Å². The molecule has 0 saturated heterocycles. The van der Waals surface area contributed by atoms with Crippen LogP contribution in [0.15, 0.2) is 24.3 Å². The molecule has 9 heteroatoms. The molecular weight excluding hydrogens is 287 g/mol. The van der Waals surface area contributed by atoms with Gasteiger partial charge in [0.05, 0.1) is 0 Å². The minimum absolute atomic E-state index is 0.300. The van der Waals surface area contributed by atoms with E-state index in [-0.39, 0.29) is 5.82 Å². The SMILES string of the molecule is CCCCn1nnnc1Cn1nnc(-c2ccc(F)cc2)n1. The molecule has 0 spiro atoms. The van der Waals surface area contributed by atoms with Gasteiger partial charge in [-0.1, -0.05) is 13.3 Å². The number of nitrogens with zero attached hydrogens (tertiary/aromatic N) is 8. The minimum Gasteiger partial charge on any atom is -0.228 e. The van der Waals surface area contributed by atoms with Gasteiger partial charge in [-0.05, 0) is 46.3 Å². The van der Waals surface area contributed by atoms with E-state index in [1.807, 2.05) is 0 Å². The van der Waals surface area contributed by atoms with Gasteiger partial charge in [-0.3, -0.25) is 0 Å². The molecule has 0 atom stereocenters.